The van der Waals surface area contributed by atoms with E-state index in [-0.39, 0.29) is 24.0 Å². The molecule has 9 heteroatoms. The Morgan fingerprint density at radius 1 is 1.52 bits per heavy atom. The zero-order valence-electron chi connectivity index (χ0n) is 13.3. The number of halogens is 1. The van der Waals surface area contributed by atoms with Gasteiger partial charge in [-0.1, -0.05) is 12.1 Å². The normalized spacial score (nSPS) is 17.3. The quantitative estimate of drug-likeness (QED) is 0.429. The average Bonchev–Trinajstić information content (AvgIpc) is 3.19. The number of aromatic nitrogens is 4. The van der Waals surface area contributed by atoms with Gasteiger partial charge in [0.05, 0.1) is 13.1 Å². The van der Waals surface area contributed by atoms with Crippen LogP contribution >= 0.6 is 24.0 Å². The second-order valence-electron chi connectivity index (χ2n) is 5.28. The molecule has 0 fully saturated rings. The molecule has 2 N–H and O–H groups in total. The van der Waals surface area contributed by atoms with Crippen LogP contribution in [0, 0.1) is 0 Å². The fraction of sp³-hybridized carbons (Fsp3) is 0.571. The molecule has 0 aromatic carbocycles. The van der Waals surface area contributed by atoms with Gasteiger partial charge in [-0.05, 0) is 6.42 Å². The number of rotatable bonds is 4. The van der Waals surface area contributed by atoms with E-state index >= 15 is 0 Å². The zero-order chi connectivity index (χ0) is 15.4. The Morgan fingerprint density at radius 3 is 3.09 bits per heavy atom. The van der Waals surface area contributed by atoms with Crippen LogP contribution in [0.1, 0.15) is 30.7 Å². The molecule has 0 aliphatic carbocycles. The summed E-state index contributed by atoms with van der Waals surface area (Å²) in [4.78, 5) is 8.78. The molecule has 3 heterocycles. The van der Waals surface area contributed by atoms with Gasteiger partial charge in [0.25, 0.3) is 0 Å². The molecule has 1 atom stereocenters. The van der Waals surface area contributed by atoms with Crippen molar-refractivity contribution < 1.29 is 4.52 Å². The molecule has 0 amide bonds. The highest BCUT2D eigenvalue weighted by molar-refractivity contribution is 14.0. The van der Waals surface area contributed by atoms with Crippen molar-refractivity contribution in [3.8, 4) is 0 Å². The minimum Gasteiger partial charge on any atom is -0.364 e. The third-order valence-corrected chi connectivity index (χ3v) is 3.71. The SMILES string of the molecule is CCc1nc2n(n1)CC(NC(=NC)NCc1ccon1)CC2.I. The Kier molecular flexibility index (Phi) is 6.37. The topological polar surface area (TPSA) is 93.2 Å². The molecule has 1 unspecified atom stereocenters. The molecule has 3 rings (SSSR count). The van der Waals surface area contributed by atoms with Crippen molar-refractivity contribution in [1.82, 2.24) is 30.6 Å². The summed E-state index contributed by atoms with van der Waals surface area (Å²) in [6, 6.07) is 2.12. The molecule has 1 aliphatic rings. The van der Waals surface area contributed by atoms with Crippen molar-refractivity contribution in [2.24, 2.45) is 4.99 Å². The van der Waals surface area contributed by atoms with Gasteiger partial charge < -0.3 is 15.2 Å². The molecule has 0 bridgehead atoms. The van der Waals surface area contributed by atoms with E-state index in [2.05, 4.69) is 37.8 Å². The Balaban J connectivity index is 0.00000192. The number of hydrogen-bond acceptors (Lipinski definition) is 5. The van der Waals surface area contributed by atoms with Crippen molar-refractivity contribution in [3.05, 3.63) is 29.7 Å². The summed E-state index contributed by atoms with van der Waals surface area (Å²) in [7, 11) is 1.76. The lowest BCUT2D eigenvalue weighted by molar-refractivity contribution is 0.391. The summed E-state index contributed by atoms with van der Waals surface area (Å²) in [6.07, 6.45) is 4.39. The Bertz CT molecular complexity index is 638. The van der Waals surface area contributed by atoms with Crippen molar-refractivity contribution in [2.75, 3.05) is 7.05 Å². The van der Waals surface area contributed by atoms with Crippen LogP contribution in [0.4, 0.5) is 0 Å². The van der Waals surface area contributed by atoms with Crippen molar-refractivity contribution in [1.29, 1.82) is 0 Å². The Morgan fingerprint density at radius 2 is 2.39 bits per heavy atom. The minimum atomic E-state index is 0. The van der Waals surface area contributed by atoms with Gasteiger partial charge in [-0.2, -0.15) is 5.10 Å². The monoisotopic (exact) mass is 431 g/mol. The number of nitrogens with one attached hydrogen (secondary N) is 2. The van der Waals surface area contributed by atoms with Gasteiger partial charge in [0.15, 0.2) is 11.8 Å². The maximum absolute atomic E-state index is 4.81. The van der Waals surface area contributed by atoms with Crippen LogP contribution in [0.2, 0.25) is 0 Å². The number of aryl methyl sites for hydroxylation is 2. The summed E-state index contributed by atoms with van der Waals surface area (Å²) < 4.78 is 6.82. The predicted molar refractivity (Wildman–Crippen MR) is 96.8 cm³/mol. The van der Waals surface area contributed by atoms with E-state index < -0.39 is 0 Å². The van der Waals surface area contributed by atoms with E-state index in [0.717, 1.165) is 49.1 Å². The molecular weight excluding hydrogens is 409 g/mol. The summed E-state index contributed by atoms with van der Waals surface area (Å²) in [5.74, 6) is 2.76. The van der Waals surface area contributed by atoms with Crippen LogP contribution < -0.4 is 10.6 Å². The molecule has 23 heavy (non-hydrogen) atoms. The summed E-state index contributed by atoms with van der Waals surface area (Å²) in [5.41, 5.74) is 0.845. The molecule has 0 saturated heterocycles. The van der Waals surface area contributed by atoms with E-state index in [9.17, 15) is 0 Å². The van der Waals surface area contributed by atoms with Gasteiger partial charge in [-0.15, -0.1) is 24.0 Å². The maximum Gasteiger partial charge on any atom is 0.191 e. The largest absolute Gasteiger partial charge is 0.364 e. The number of aliphatic imine (C=N–C) groups is 1. The van der Waals surface area contributed by atoms with Crippen LogP contribution in [0.3, 0.4) is 0 Å². The minimum absolute atomic E-state index is 0. The van der Waals surface area contributed by atoms with Gasteiger partial charge in [0, 0.05) is 32.0 Å². The van der Waals surface area contributed by atoms with Crippen LogP contribution in [0.15, 0.2) is 21.8 Å². The lowest BCUT2D eigenvalue weighted by Crippen LogP contribution is -2.46. The molecule has 0 saturated carbocycles. The molecule has 2 aromatic rings. The maximum atomic E-state index is 4.81. The van der Waals surface area contributed by atoms with Crippen molar-refractivity contribution in [2.45, 2.75) is 45.3 Å². The first-order valence-electron chi connectivity index (χ1n) is 7.57. The first-order valence-corrected chi connectivity index (χ1v) is 7.57. The Hall–Kier alpha value is -1.65. The second kappa shape index (κ2) is 8.27. The summed E-state index contributed by atoms with van der Waals surface area (Å²) in [5, 5.41) is 15.0. The highest BCUT2D eigenvalue weighted by Crippen LogP contribution is 2.13. The smallest absolute Gasteiger partial charge is 0.191 e. The molecule has 1 aliphatic heterocycles. The number of guanidine groups is 1. The van der Waals surface area contributed by atoms with Crippen LogP contribution in [-0.2, 0) is 25.9 Å². The van der Waals surface area contributed by atoms with Crippen molar-refractivity contribution in [3.63, 3.8) is 0 Å². The fourth-order valence-corrected chi connectivity index (χ4v) is 2.52. The molecule has 2 aromatic heterocycles. The van der Waals surface area contributed by atoms with E-state index in [0.29, 0.717) is 12.6 Å². The molecule has 126 valence electrons. The second-order valence-corrected chi connectivity index (χ2v) is 5.28. The molecule has 0 radical (unpaired) electrons. The average molecular weight is 431 g/mol. The van der Waals surface area contributed by atoms with Gasteiger partial charge in [0.1, 0.15) is 17.8 Å². The van der Waals surface area contributed by atoms with Gasteiger partial charge in [-0.25, -0.2) is 9.67 Å². The van der Waals surface area contributed by atoms with Crippen LogP contribution in [-0.4, -0.2) is 39.0 Å². The number of hydrogen-bond donors (Lipinski definition) is 2. The number of fused-ring (bicyclic) bond motifs is 1. The van der Waals surface area contributed by atoms with Gasteiger partial charge in [-0.3, -0.25) is 4.99 Å². The third kappa shape index (κ3) is 4.43. The summed E-state index contributed by atoms with van der Waals surface area (Å²) in [6.45, 7) is 3.47. The van der Waals surface area contributed by atoms with E-state index in [4.69, 9.17) is 4.52 Å². The van der Waals surface area contributed by atoms with E-state index in [1.807, 2.05) is 10.7 Å². The Labute approximate surface area is 152 Å². The number of nitrogens with zero attached hydrogens (tertiary/aromatic N) is 5. The first-order chi connectivity index (χ1) is 10.8. The molecule has 8 nitrogen and oxygen atoms in total. The molecular formula is C14H22IN7O. The first kappa shape index (κ1) is 17.7. The van der Waals surface area contributed by atoms with Gasteiger partial charge >= 0.3 is 0 Å². The van der Waals surface area contributed by atoms with Crippen molar-refractivity contribution >= 4 is 29.9 Å². The van der Waals surface area contributed by atoms with Crippen LogP contribution in [0.25, 0.3) is 0 Å². The van der Waals surface area contributed by atoms with Crippen LogP contribution in [0.5, 0.6) is 0 Å². The highest BCUT2D eigenvalue weighted by atomic mass is 127. The lowest BCUT2D eigenvalue weighted by atomic mass is 10.1. The third-order valence-electron chi connectivity index (χ3n) is 3.71. The lowest BCUT2D eigenvalue weighted by Gasteiger charge is -2.25. The molecule has 0 spiro atoms. The fourth-order valence-electron chi connectivity index (χ4n) is 2.52. The van der Waals surface area contributed by atoms with E-state index in [1.165, 1.54) is 0 Å². The predicted octanol–water partition coefficient (Wildman–Crippen LogP) is 1.13. The standard InChI is InChI=1S/C14H21N7O.HI/c1-3-12-18-13-5-4-11(9-21(13)19-12)17-14(15-2)16-8-10-6-7-22-20-10;/h6-7,11H,3-5,8-9H2,1-2H3,(H2,15,16,17);1H. The summed E-state index contributed by atoms with van der Waals surface area (Å²) >= 11 is 0. The highest BCUT2D eigenvalue weighted by Gasteiger charge is 2.22. The van der Waals surface area contributed by atoms with Gasteiger partial charge in [0.2, 0.25) is 0 Å². The zero-order valence-corrected chi connectivity index (χ0v) is 15.7. The van der Waals surface area contributed by atoms with E-state index in [1.54, 1.807) is 13.3 Å².